The zero-order chi connectivity index (χ0) is 12.3. The van der Waals surface area contributed by atoms with E-state index in [0.29, 0.717) is 5.56 Å². The number of benzene rings is 1. The summed E-state index contributed by atoms with van der Waals surface area (Å²) in [6.07, 6.45) is 0.235. The highest BCUT2D eigenvalue weighted by Gasteiger charge is 2.16. The number of aryl methyl sites for hydroxylation is 1. The maximum Gasteiger partial charge on any atom is 0.335 e. The SMILES string of the molecule is Cc1ccc(C(=O)O)c(CC(C)C(=O)O)c1. The maximum absolute atomic E-state index is 10.9. The molecule has 0 aromatic heterocycles. The Kier molecular flexibility index (Phi) is 3.66. The Bertz CT molecular complexity index is 423. The smallest absolute Gasteiger partial charge is 0.335 e. The highest BCUT2D eigenvalue weighted by molar-refractivity contribution is 5.89. The van der Waals surface area contributed by atoms with Gasteiger partial charge >= 0.3 is 11.9 Å². The van der Waals surface area contributed by atoms with Crippen LogP contribution in [0, 0.1) is 12.8 Å². The zero-order valence-electron chi connectivity index (χ0n) is 9.23. The maximum atomic E-state index is 10.9. The molecule has 0 aliphatic rings. The molecule has 0 fully saturated rings. The van der Waals surface area contributed by atoms with Gasteiger partial charge in [0.1, 0.15) is 0 Å². The van der Waals surface area contributed by atoms with E-state index in [4.69, 9.17) is 10.2 Å². The van der Waals surface area contributed by atoms with Crippen LogP contribution < -0.4 is 0 Å². The van der Waals surface area contributed by atoms with Crippen LogP contribution in [0.25, 0.3) is 0 Å². The van der Waals surface area contributed by atoms with Gasteiger partial charge in [-0.15, -0.1) is 0 Å². The Labute approximate surface area is 93.5 Å². The third-order valence-electron chi connectivity index (χ3n) is 2.44. The third-order valence-corrected chi connectivity index (χ3v) is 2.44. The lowest BCUT2D eigenvalue weighted by Gasteiger charge is -2.10. The summed E-state index contributed by atoms with van der Waals surface area (Å²) in [6, 6.07) is 4.95. The van der Waals surface area contributed by atoms with Crippen LogP contribution in [0.4, 0.5) is 0 Å². The molecule has 0 spiro atoms. The first-order valence-corrected chi connectivity index (χ1v) is 4.97. The van der Waals surface area contributed by atoms with Gasteiger partial charge in [0.15, 0.2) is 0 Å². The van der Waals surface area contributed by atoms with Crippen LogP contribution in [0.2, 0.25) is 0 Å². The van der Waals surface area contributed by atoms with Gasteiger partial charge in [-0.2, -0.15) is 0 Å². The molecule has 1 atom stereocenters. The van der Waals surface area contributed by atoms with Gasteiger partial charge in [0.25, 0.3) is 0 Å². The van der Waals surface area contributed by atoms with E-state index >= 15 is 0 Å². The predicted molar refractivity (Wildman–Crippen MR) is 58.6 cm³/mol. The molecule has 16 heavy (non-hydrogen) atoms. The summed E-state index contributed by atoms with van der Waals surface area (Å²) in [5.74, 6) is -2.52. The molecule has 0 heterocycles. The van der Waals surface area contributed by atoms with Crippen LogP contribution in [0.5, 0.6) is 0 Å². The molecule has 4 heteroatoms. The Balaban J connectivity index is 3.05. The average Bonchev–Trinajstić information content (AvgIpc) is 2.16. The molecule has 0 amide bonds. The fourth-order valence-corrected chi connectivity index (χ4v) is 1.52. The molecule has 1 aromatic rings. The summed E-state index contributed by atoms with van der Waals surface area (Å²) >= 11 is 0. The second-order valence-electron chi connectivity index (χ2n) is 3.91. The molecular formula is C12H14O4. The number of aromatic carboxylic acids is 1. The van der Waals surface area contributed by atoms with Gasteiger partial charge in [0.05, 0.1) is 11.5 Å². The summed E-state index contributed by atoms with van der Waals surface area (Å²) in [6.45, 7) is 3.41. The van der Waals surface area contributed by atoms with Crippen molar-refractivity contribution in [2.75, 3.05) is 0 Å². The van der Waals surface area contributed by atoms with Crippen LogP contribution in [0.1, 0.15) is 28.4 Å². The monoisotopic (exact) mass is 222 g/mol. The molecule has 1 unspecified atom stereocenters. The van der Waals surface area contributed by atoms with Crippen molar-refractivity contribution in [3.63, 3.8) is 0 Å². The molecule has 0 bridgehead atoms. The number of carbonyl (C=O) groups is 2. The largest absolute Gasteiger partial charge is 0.481 e. The lowest BCUT2D eigenvalue weighted by molar-refractivity contribution is -0.141. The van der Waals surface area contributed by atoms with Crippen LogP contribution in [-0.4, -0.2) is 22.2 Å². The fourth-order valence-electron chi connectivity index (χ4n) is 1.52. The first-order chi connectivity index (χ1) is 7.41. The van der Waals surface area contributed by atoms with E-state index in [0.717, 1.165) is 5.56 Å². The average molecular weight is 222 g/mol. The number of carboxylic acid groups (broad SMARTS) is 2. The van der Waals surface area contributed by atoms with Crippen molar-refractivity contribution in [3.8, 4) is 0 Å². The number of aliphatic carboxylic acids is 1. The molecule has 0 radical (unpaired) electrons. The van der Waals surface area contributed by atoms with E-state index < -0.39 is 17.9 Å². The van der Waals surface area contributed by atoms with Gasteiger partial charge in [-0.25, -0.2) is 4.79 Å². The predicted octanol–water partition coefficient (Wildman–Crippen LogP) is 1.96. The first kappa shape index (κ1) is 12.2. The molecule has 0 saturated heterocycles. The lowest BCUT2D eigenvalue weighted by atomic mass is 9.95. The molecule has 1 rings (SSSR count). The topological polar surface area (TPSA) is 74.6 Å². The Morgan fingerprint density at radius 3 is 2.44 bits per heavy atom. The van der Waals surface area contributed by atoms with E-state index in [1.807, 2.05) is 6.92 Å². The van der Waals surface area contributed by atoms with Crippen molar-refractivity contribution in [2.45, 2.75) is 20.3 Å². The second-order valence-corrected chi connectivity index (χ2v) is 3.91. The lowest BCUT2D eigenvalue weighted by Crippen LogP contribution is -2.14. The quantitative estimate of drug-likeness (QED) is 0.816. The van der Waals surface area contributed by atoms with Crippen molar-refractivity contribution in [1.29, 1.82) is 0 Å². The fraction of sp³-hybridized carbons (Fsp3) is 0.333. The minimum atomic E-state index is -1.02. The van der Waals surface area contributed by atoms with E-state index in [2.05, 4.69) is 0 Å². The Hall–Kier alpha value is -1.84. The molecule has 1 aromatic carbocycles. The van der Waals surface area contributed by atoms with Crippen molar-refractivity contribution < 1.29 is 19.8 Å². The third kappa shape index (κ3) is 2.82. The molecular weight excluding hydrogens is 208 g/mol. The Morgan fingerprint density at radius 1 is 1.31 bits per heavy atom. The van der Waals surface area contributed by atoms with Crippen molar-refractivity contribution in [1.82, 2.24) is 0 Å². The van der Waals surface area contributed by atoms with E-state index in [1.54, 1.807) is 19.1 Å². The minimum Gasteiger partial charge on any atom is -0.481 e. The van der Waals surface area contributed by atoms with Crippen LogP contribution in [-0.2, 0) is 11.2 Å². The highest BCUT2D eigenvalue weighted by Crippen LogP contribution is 2.16. The molecule has 86 valence electrons. The molecule has 2 N–H and O–H groups in total. The summed E-state index contributed by atoms with van der Waals surface area (Å²) in [5, 5.41) is 17.8. The molecule has 0 aliphatic heterocycles. The van der Waals surface area contributed by atoms with Gasteiger partial charge in [-0.3, -0.25) is 4.79 Å². The standard InChI is InChI=1S/C12H14O4/c1-7-3-4-10(12(15)16)9(5-7)6-8(2)11(13)14/h3-5,8H,6H2,1-2H3,(H,13,14)(H,15,16). The van der Waals surface area contributed by atoms with E-state index in [-0.39, 0.29) is 12.0 Å². The van der Waals surface area contributed by atoms with Crippen LogP contribution in [0.15, 0.2) is 18.2 Å². The van der Waals surface area contributed by atoms with Gasteiger partial charge in [0.2, 0.25) is 0 Å². The molecule has 0 saturated carbocycles. The normalized spacial score (nSPS) is 12.1. The molecule has 0 aliphatic carbocycles. The van der Waals surface area contributed by atoms with Crippen LogP contribution in [0.3, 0.4) is 0 Å². The van der Waals surface area contributed by atoms with Gasteiger partial charge in [-0.05, 0) is 25.0 Å². The number of carboxylic acids is 2. The van der Waals surface area contributed by atoms with Crippen molar-refractivity contribution >= 4 is 11.9 Å². The molecule has 4 nitrogen and oxygen atoms in total. The van der Waals surface area contributed by atoms with Crippen LogP contribution >= 0.6 is 0 Å². The summed E-state index contributed by atoms with van der Waals surface area (Å²) in [5.41, 5.74) is 1.68. The number of hydrogen-bond acceptors (Lipinski definition) is 2. The van der Waals surface area contributed by atoms with E-state index in [9.17, 15) is 9.59 Å². The summed E-state index contributed by atoms with van der Waals surface area (Å²) in [4.78, 5) is 21.7. The number of hydrogen-bond donors (Lipinski definition) is 2. The summed E-state index contributed by atoms with van der Waals surface area (Å²) < 4.78 is 0. The van der Waals surface area contributed by atoms with Crippen molar-refractivity contribution in [2.24, 2.45) is 5.92 Å². The number of rotatable bonds is 4. The van der Waals surface area contributed by atoms with E-state index in [1.165, 1.54) is 6.07 Å². The zero-order valence-corrected chi connectivity index (χ0v) is 9.23. The van der Waals surface area contributed by atoms with Gasteiger partial charge < -0.3 is 10.2 Å². The summed E-state index contributed by atoms with van der Waals surface area (Å²) in [7, 11) is 0. The Morgan fingerprint density at radius 2 is 1.94 bits per heavy atom. The second kappa shape index (κ2) is 4.79. The van der Waals surface area contributed by atoms with Gasteiger partial charge in [0, 0.05) is 0 Å². The minimum absolute atomic E-state index is 0.179. The van der Waals surface area contributed by atoms with Crippen molar-refractivity contribution in [3.05, 3.63) is 34.9 Å². The van der Waals surface area contributed by atoms with Gasteiger partial charge in [-0.1, -0.05) is 24.6 Å². The first-order valence-electron chi connectivity index (χ1n) is 4.97. The highest BCUT2D eigenvalue weighted by atomic mass is 16.4.